The van der Waals surface area contributed by atoms with Crippen molar-refractivity contribution in [3.05, 3.63) is 72.3 Å². The van der Waals surface area contributed by atoms with Crippen LogP contribution in [-0.2, 0) is 11.3 Å². The van der Waals surface area contributed by atoms with Gasteiger partial charge in [-0.05, 0) is 55.0 Å². The summed E-state index contributed by atoms with van der Waals surface area (Å²) < 4.78 is 2.14. The van der Waals surface area contributed by atoms with E-state index in [9.17, 15) is 4.79 Å². The van der Waals surface area contributed by atoms with E-state index in [1.165, 1.54) is 6.08 Å². The van der Waals surface area contributed by atoms with E-state index in [1.54, 1.807) is 24.4 Å². The molecule has 4 heteroatoms. The molecule has 0 fully saturated rings. The topological polar surface area (TPSA) is 47.8 Å². The van der Waals surface area contributed by atoms with E-state index < -0.39 is 0 Å². The van der Waals surface area contributed by atoms with Crippen LogP contribution < -0.4 is 0 Å². The fraction of sp³-hybridized carbons (Fsp3) is 0.150. The molecule has 0 N–H and O–H groups in total. The van der Waals surface area contributed by atoms with Gasteiger partial charge in [-0.1, -0.05) is 25.1 Å². The minimum absolute atomic E-state index is 0.0873. The Kier molecular flexibility index (Phi) is 4.96. The Morgan fingerprint density at radius 2 is 1.88 bits per heavy atom. The molecule has 0 unspecified atom stereocenters. The van der Waals surface area contributed by atoms with Crippen molar-refractivity contribution in [2.45, 2.75) is 19.9 Å². The predicted octanol–water partition coefficient (Wildman–Crippen LogP) is 4.14. The van der Waals surface area contributed by atoms with Crippen LogP contribution in [0.4, 0.5) is 0 Å². The first-order chi connectivity index (χ1) is 11.8. The van der Waals surface area contributed by atoms with Gasteiger partial charge in [-0.2, -0.15) is 0 Å². The molecule has 0 spiro atoms. The number of fused-ring (bicyclic) bond motifs is 1. The maximum absolute atomic E-state index is 12.0. The van der Waals surface area contributed by atoms with Crippen LogP contribution in [0.3, 0.4) is 0 Å². The van der Waals surface area contributed by atoms with Gasteiger partial charge in [0.1, 0.15) is 5.82 Å². The standard InChI is InChI=1S/C20H19N3O/c1-2-15-23-19-9-4-3-8-18(19)22-20(23)13-12-17(24)11-10-16-7-5-6-14-21-16/h3-14H,2,15H2,1H3/b11-10+,13-12+. The van der Waals surface area contributed by atoms with Crippen LogP contribution >= 0.6 is 0 Å². The fourth-order valence-corrected chi connectivity index (χ4v) is 2.53. The van der Waals surface area contributed by atoms with Crippen LogP contribution in [0.5, 0.6) is 0 Å². The van der Waals surface area contributed by atoms with Gasteiger partial charge in [0.05, 0.1) is 16.7 Å². The Morgan fingerprint density at radius 3 is 2.67 bits per heavy atom. The van der Waals surface area contributed by atoms with Crippen molar-refractivity contribution in [1.29, 1.82) is 0 Å². The minimum Gasteiger partial charge on any atom is -0.324 e. The Morgan fingerprint density at radius 1 is 1.08 bits per heavy atom. The highest BCUT2D eigenvalue weighted by molar-refractivity contribution is 6.04. The smallest absolute Gasteiger partial charge is 0.178 e. The van der Waals surface area contributed by atoms with E-state index in [0.29, 0.717) is 0 Å². The highest BCUT2D eigenvalue weighted by Gasteiger charge is 2.07. The Labute approximate surface area is 141 Å². The van der Waals surface area contributed by atoms with E-state index in [2.05, 4.69) is 27.5 Å². The SMILES string of the molecule is CCCn1c(/C=C/C(=O)/C=C/c2ccccn2)nc2ccccc21. The van der Waals surface area contributed by atoms with Crippen molar-refractivity contribution < 1.29 is 4.79 Å². The van der Waals surface area contributed by atoms with Gasteiger partial charge in [-0.3, -0.25) is 9.78 Å². The number of ketones is 1. The van der Waals surface area contributed by atoms with Crippen LogP contribution in [0.15, 0.2) is 60.8 Å². The van der Waals surface area contributed by atoms with Crippen LogP contribution in [0.25, 0.3) is 23.2 Å². The molecule has 0 aliphatic rings. The number of nitrogens with zero attached hydrogens (tertiary/aromatic N) is 3. The first kappa shape index (κ1) is 15.9. The van der Waals surface area contributed by atoms with Gasteiger partial charge in [0.25, 0.3) is 0 Å². The van der Waals surface area contributed by atoms with Gasteiger partial charge in [0.2, 0.25) is 0 Å². The molecule has 0 amide bonds. The lowest BCUT2D eigenvalue weighted by molar-refractivity contribution is -0.110. The normalized spacial score (nSPS) is 11.7. The molecule has 0 saturated heterocycles. The molecule has 2 heterocycles. The summed E-state index contributed by atoms with van der Waals surface area (Å²) in [5.41, 5.74) is 2.80. The summed E-state index contributed by atoms with van der Waals surface area (Å²) in [6.07, 6.45) is 9.27. The number of hydrogen-bond donors (Lipinski definition) is 0. The van der Waals surface area contributed by atoms with E-state index in [4.69, 9.17) is 0 Å². The van der Waals surface area contributed by atoms with E-state index in [1.807, 2.05) is 36.4 Å². The van der Waals surface area contributed by atoms with Crippen LogP contribution in [0, 0.1) is 0 Å². The molecule has 2 aromatic heterocycles. The van der Waals surface area contributed by atoms with Gasteiger partial charge in [0, 0.05) is 12.7 Å². The van der Waals surface area contributed by atoms with E-state index >= 15 is 0 Å². The number of para-hydroxylation sites is 2. The molecule has 0 bridgehead atoms. The van der Waals surface area contributed by atoms with Crippen LogP contribution in [-0.4, -0.2) is 20.3 Å². The number of pyridine rings is 1. The van der Waals surface area contributed by atoms with Gasteiger partial charge in [-0.25, -0.2) is 4.98 Å². The summed E-state index contributed by atoms with van der Waals surface area (Å²) in [6, 6.07) is 13.6. The number of aromatic nitrogens is 3. The molecule has 24 heavy (non-hydrogen) atoms. The minimum atomic E-state index is -0.0873. The van der Waals surface area contributed by atoms with Crippen molar-refractivity contribution in [3.63, 3.8) is 0 Å². The molecular formula is C20H19N3O. The highest BCUT2D eigenvalue weighted by Crippen LogP contribution is 2.17. The van der Waals surface area contributed by atoms with Gasteiger partial charge in [0.15, 0.2) is 5.78 Å². The Balaban J connectivity index is 1.81. The maximum Gasteiger partial charge on any atom is 0.178 e. The first-order valence-corrected chi connectivity index (χ1v) is 8.04. The number of carbonyl (C=O) groups excluding carboxylic acids is 1. The number of allylic oxidation sites excluding steroid dienone is 2. The van der Waals surface area contributed by atoms with Gasteiger partial charge in [-0.15, -0.1) is 0 Å². The van der Waals surface area contributed by atoms with Crippen molar-refractivity contribution in [1.82, 2.24) is 14.5 Å². The fourth-order valence-electron chi connectivity index (χ4n) is 2.53. The van der Waals surface area contributed by atoms with Gasteiger partial charge >= 0.3 is 0 Å². The summed E-state index contributed by atoms with van der Waals surface area (Å²) in [5, 5.41) is 0. The summed E-state index contributed by atoms with van der Waals surface area (Å²) in [6.45, 7) is 3.00. The number of benzene rings is 1. The largest absolute Gasteiger partial charge is 0.324 e. The molecule has 3 rings (SSSR count). The second-order valence-corrected chi connectivity index (χ2v) is 5.43. The van der Waals surface area contributed by atoms with E-state index in [-0.39, 0.29) is 5.78 Å². The Bertz CT molecular complexity index is 892. The molecule has 0 radical (unpaired) electrons. The average Bonchev–Trinajstić information content (AvgIpc) is 2.97. The van der Waals surface area contributed by atoms with Gasteiger partial charge < -0.3 is 4.57 Å². The quantitative estimate of drug-likeness (QED) is 0.642. The number of imidazole rings is 1. The number of hydrogen-bond acceptors (Lipinski definition) is 3. The lowest BCUT2D eigenvalue weighted by Crippen LogP contribution is -1.99. The van der Waals surface area contributed by atoms with Crippen LogP contribution in [0.2, 0.25) is 0 Å². The number of carbonyl (C=O) groups is 1. The summed E-state index contributed by atoms with van der Waals surface area (Å²) in [4.78, 5) is 20.8. The molecule has 0 aliphatic carbocycles. The van der Waals surface area contributed by atoms with Crippen LogP contribution in [0.1, 0.15) is 24.9 Å². The first-order valence-electron chi connectivity index (χ1n) is 8.04. The lowest BCUT2D eigenvalue weighted by atomic mass is 10.2. The monoisotopic (exact) mass is 317 g/mol. The van der Waals surface area contributed by atoms with Crippen molar-refractivity contribution in [3.8, 4) is 0 Å². The zero-order chi connectivity index (χ0) is 16.8. The zero-order valence-corrected chi connectivity index (χ0v) is 13.6. The molecule has 0 atom stereocenters. The summed E-state index contributed by atoms with van der Waals surface area (Å²) in [7, 11) is 0. The zero-order valence-electron chi connectivity index (χ0n) is 13.6. The third kappa shape index (κ3) is 3.66. The molecule has 4 nitrogen and oxygen atoms in total. The molecule has 3 aromatic rings. The third-order valence-electron chi connectivity index (χ3n) is 3.63. The molecule has 0 aliphatic heterocycles. The molecule has 1 aromatic carbocycles. The molecule has 120 valence electrons. The van der Waals surface area contributed by atoms with E-state index in [0.717, 1.165) is 35.5 Å². The second kappa shape index (κ2) is 7.51. The maximum atomic E-state index is 12.0. The molecule has 0 saturated carbocycles. The predicted molar refractivity (Wildman–Crippen MR) is 97.3 cm³/mol. The second-order valence-electron chi connectivity index (χ2n) is 5.43. The number of rotatable bonds is 6. The molecular weight excluding hydrogens is 298 g/mol. The van der Waals surface area contributed by atoms with Crippen molar-refractivity contribution in [2.75, 3.05) is 0 Å². The lowest BCUT2D eigenvalue weighted by Gasteiger charge is -2.04. The summed E-state index contributed by atoms with van der Waals surface area (Å²) in [5.74, 6) is 0.716. The third-order valence-corrected chi connectivity index (χ3v) is 3.63. The number of aryl methyl sites for hydroxylation is 1. The van der Waals surface area contributed by atoms with Crippen molar-refractivity contribution >= 4 is 29.0 Å². The Hall–Kier alpha value is -3.01. The highest BCUT2D eigenvalue weighted by atomic mass is 16.1. The average molecular weight is 317 g/mol. The summed E-state index contributed by atoms with van der Waals surface area (Å²) >= 11 is 0. The van der Waals surface area contributed by atoms with Crippen molar-refractivity contribution in [2.24, 2.45) is 0 Å².